The molecule has 0 bridgehead atoms. The number of phenolic OH excluding ortho intramolecular Hbond substituents is 1. The maximum atomic E-state index is 11.3. The van der Waals surface area contributed by atoms with E-state index < -0.39 is 20.8 Å². The molecule has 1 aromatic carbocycles. The van der Waals surface area contributed by atoms with Crippen LogP contribution < -0.4 is 9.47 Å². The minimum absolute atomic E-state index is 0.0313. The third-order valence-electron chi connectivity index (χ3n) is 3.36. The molecule has 7 heteroatoms. The summed E-state index contributed by atoms with van der Waals surface area (Å²) in [5.41, 5.74) is 0.649. The summed E-state index contributed by atoms with van der Waals surface area (Å²) in [6, 6.07) is 0. The molecule has 1 N–H and O–H groups in total. The number of rotatable bonds is 5. The van der Waals surface area contributed by atoms with E-state index in [1.165, 1.54) is 21.1 Å². The Balaban J connectivity index is 3.91. The van der Waals surface area contributed by atoms with E-state index >= 15 is 0 Å². The molecule has 0 aliphatic heterocycles. The van der Waals surface area contributed by atoms with Gasteiger partial charge in [-0.3, -0.25) is 0 Å². The molecule has 6 nitrogen and oxygen atoms in total. The maximum Gasteiger partial charge on any atom is 0.176 e. The van der Waals surface area contributed by atoms with Gasteiger partial charge in [-0.05, 0) is 19.3 Å². The molecule has 20 heavy (non-hydrogen) atoms. The van der Waals surface area contributed by atoms with Gasteiger partial charge >= 0.3 is 0 Å². The van der Waals surface area contributed by atoms with Gasteiger partial charge in [-0.1, -0.05) is 13.8 Å². The van der Waals surface area contributed by atoms with Crippen LogP contribution in [0.4, 0.5) is 0 Å². The number of phenols is 1. The Kier molecular flexibility index (Phi) is 4.88. The molecule has 0 saturated heterocycles. The molecule has 0 heterocycles. The molecule has 1 rings (SSSR count). The Morgan fingerprint density at radius 2 is 1.75 bits per heavy atom. The molecule has 0 aliphatic carbocycles. The van der Waals surface area contributed by atoms with Gasteiger partial charge < -0.3 is 19.1 Å². The SMILES string of the molecule is CCC(C)c1c(OC)c(C)c(S(=O)(=O)[O-])c(O)c1OC. The Hall–Kier alpha value is -1.47. The molecule has 1 atom stereocenters. The number of hydrogen-bond acceptors (Lipinski definition) is 6. The maximum absolute atomic E-state index is 11.3. The van der Waals surface area contributed by atoms with Crippen LogP contribution >= 0.6 is 0 Å². The van der Waals surface area contributed by atoms with E-state index in [0.29, 0.717) is 5.56 Å². The fourth-order valence-corrected chi connectivity index (χ4v) is 3.04. The molecule has 0 fully saturated rings. The van der Waals surface area contributed by atoms with Crippen LogP contribution in [0.15, 0.2) is 4.90 Å². The number of methoxy groups -OCH3 is 2. The first-order chi connectivity index (χ1) is 9.20. The van der Waals surface area contributed by atoms with E-state index in [1.807, 2.05) is 13.8 Å². The summed E-state index contributed by atoms with van der Waals surface area (Å²) in [7, 11) is -2.16. The average Bonchev–Trinajstić information content (AvgIpc) is 2.35. The summed E-state index contributed by atoms with van der Waals surface area (Å²) in [4.78, 5) is -0.696. The smallest absolute Gasteiger partial charge is 0.176 e. The quantitative estimate of drug-likeness (QED) is 0.837. The highest BCUT2D eigenvalue weighted by molar-refractivity contribution is 7.86. The lowest BCUT2D eigenvalue weighted by Crippen LogP contribution is -2.09. The van der Waals surface area contributed by atoms with Crippen molar-refractivity contribution in [3.05, 3.63) is 11.1 Å². The molecule has 0 radical (unpaired) electrons. The fourth-order valence-electron chi connectivity index (χ4n) is 2.24. The molecule has 114 valence electrons. The van der Waals surface area contributed by atoms with Gasteiger partial charge in [0.1, 0.15) is 20.8 Å². The highest BCUT2D eigenvalue weighted by atomic mass is 32.2. The van der Waals surface area contributed by atoms with Crippen LogP contribution in [0.5, 0.6) is 17.2 Å². The van der Waals surface area contributed by atoms with Crippen molar-refractivity contribution in [2.24, 2.45) is 0 Å². The van der Waals surface area contributed by atoms with Crippen LogP contribution in [0.3, 0.4) is 0 Å². The van der Waals surface area contributed by atoms with Gasteiger partial charge in [-0.25, -0.2) is 8.42 Å². The topological polar surface area (TPSA) is 95.9 Å². The standard InChI is InChI=1S/C13H20O6S/c1-6-7(2)9-11(18-4)8(3)13(20(15,16)17)10(14)12(9)19-5/h7,14H,6H2,1-5H3,(H,15,16,17)/p-1. The van der Waals surface area contributed by atoms with Gasteiger partial charge in [0.05, 0.1) is 14.2 Å². The first kappa shape index (κ1) is 16.6. The summed E-state index contributed by atoms with van der Waals surface area (Å²) in [5, 5.41) is 10.1. The molecule has 1 unspecified atom stereocenters. The molecule has 0 amide bonds. The lowest BCUT2D eigenvalue weighted by atomic mass is 9.94. The Morgan fingerprint density at radius 3 is 2.10 bits per heavy atom. The van der Waals surface area contributed by atoms with Crippen LogP contribution in [-0.4, -0.2) is 32.3 Å². The van der Waals surface area contributed by atoms with Crippen molar-refractivity contribution < 1.29 is 27.6 Å². The van der Waals surface area contributed by atoms with Crippen LogP contribution in [0, 0.1) is 6.92 Å². The zero-order valence-electron chi connectivity index (χ0n) is 12.2. The van der Waals surface area contributed by atoms with Gasteiger partial charge in [0.2, 0.25) is 0 Å². The number of ether oxygens (including phenoxy) is 2. The van der Waals surface area contributed by atoms with Crippen LogP contribution in [0.25, 0.3) is 0 Å². The predicted molar refractivity (Wildman–Crippen MR) is 72.6 cm³/mol. The van der Waals surface area contributed by atoms with E-state index in [9.17, 15) is 18.1 Å². The van der Waals surface area contributed by atoms with Crippen LogP contribution in [0.2, 0.25) is 0 Å². The first-order valence-electron chi connectivity index (χ1n) is 6.13. The van der Waals surface area contributed by atoms with Crippen LogP contribution in [0.1, 0.15) is 37.3 Å². The zero-order valence-corrected chi connectivity index (χ0v) is 13.0. The summed E-state index contributed by atoms with van der Waals surface area (Å²) in [5.74, 6) is -0.469. The second-order valence-electron chi connectivity index (χ2n) is 4.55. The molecular weight excluding hydrogens is 284 g/mol. The summed E-state index contributed by atoms with van der Waals surface area (Å²) in [6.45, 7) is 5.26. The van der Waals surface area contributed by atoms with Gasteiger partial charge in [-0.15, -0.1) is 0 Å². The van der Waals surface area contributed by atoms with E-state index in [4.69, 9.17) is 9.47 Å². The summed E-state index contributed by atoms with van der Waals surface area (Å²) < 4.78 is 44.3. The second-order valence-corrected chi connectivity index (χ2v) is 5.86. The number of aromatic hydroxyl groups is 1. The largest absolute Gasteiger partial charge is 0.744 e. The molecule has 1 aromatic rings. The third-order valence-corrected chi connectivity index (χ3v) is 4.36. The van der Waals surface area contributed by atoms with Crippen LogP contribution in [-0.2, 0) is 10.1 Å². The highest BCUT2D eigenvalue weighted by Gasteiger charge is 2.28. The Bertz CT molecular complexity index is 575. The lowest BCUT2D eigenvalue weighted by Gasteiger charge is -2.24. The molecule has 0 aliphatic rings. The zero-order chi connectivity index (χ0) is 15.7. The Labute approximate surface area is 119 Å². The molecular formula is C13H19O6S-. The van der Waals surface area contributed by atoms with Gasteiger partial charge in [0.15, 0.2) is 11.5 Å². The minimum Gasteiger partial charge on any atom is -0.744 e. The van der Waals surface area contributed by atoms with Crippen molar-refractivity contribution in [1.82, 2.24) is 0 Å². The van der Waals surface area contributed by atoms with Crippen molar-refractivity contribution in [2.75, 3.05) is 14.2 Å². The van der Waals surface area contributed by atoms with Gasteiger partial charge in [-0.2, -0.15) is 0 Å². The number of benzene rings is 1. The normalized spacial score (nSPS) is 13.1. The van der Waals surface area contributed by atoms with E-state index in [0.717, 1.165) is 6.42 Å². The third kappa shape index (κ3) is 2.69. The van der Waals surface area contributed by atoms with E-state index in [-0.39, 0.29) is 23.0 Å². The highest BCUT2D eigenvalue weighted by Crippen LogP contribution is 2.48. The van der Waals surface area contributed by atoms with Gasteiger partial charge in [0, 0.05) is 11.1 Å². The average molecular weight is 303 g/mol. The fraction of sp³-hybridized carbons (Fsp3) is 0.538. The van der Waals surface area contributed by atoms with Crippen molar-refractivity contribution in [2.45, 2.75) is 38.0 Å². The molecule has 0 aromatic heterocycles. The van der Waals surface area contributed by atoms with E-state index in [2.05, 4.69) is 0 Å². The summed E-state index contributed by atoms with van der Waals surface area (Å²) >= 11 is 0. The van der Waals surface area contributed by atoms with Crippen molar-refractivity contribution in [1.29, 1.82) is 0 Å². The predicted octanol–water partition coefficient (Wildman–Crippen LogP) is 2.14. The minimum atomic E-state index is -4.84. The van der Waals surface area contributed by atoms with Crippen molar-refractivity contribution >= 4 is 10.1 Å². The first-order valence-corrected chi connectivity index (χ1v) is 7.54. The monoisotopic (exact) mass is 303 g/mol. The Morgan fingerprint density at radius 1 is 1.25 bits per heavy atom. The van der Waals surface area contributed by atoms with E-state index in [1.54, 1.807) is 0 Å². The lowest BCUT2D eigenvalue weighted by molar-refractivity contribution is 0.341. The van der Waals surface area contributed by atoms with Crippen molar-refractivity contribution in [3.63, 3.8) is 0 Å². The van der Waals surface area contributed by atoms with Gasteiger partial charge in [0.25, 0.3) is 0 Å². The second kappa shape index (κ2) is 5.88. The molecule has 0 spiro atoms. The van der Waals surface area contributed by atoms with Crippen molar-refractivity contribution in [3.8, 4) is 17.2 Å². The number of hydrogen-bond donors (Lipinski definition) is 1. The summed E-state index contributed by atoms with van der Waals surface area (Å²) in [6.07, 6.45) is 0.731. The molecule has 0 saturated carbocycles.